The van der Waals surface area contributed by atoms with Crippen molar-refractivity contribution in [1.82, 2.24) is 5.32 Å². The molecule has 6 aromatic rings. The summed E-state index contributed by atoms with van der Waals surface area (Å²) in [6.07, 6.45) is 12.5. The van der Waals surface area contributed by atoms with E-state index in [4.69, 9.17) is 33.2 Å². The molecule has 1 fully saturated rings. The second-order valence-corrected chi connectivity index (χ2v) is 18.8. The molecule has 15 heteroatoms. The quantitative estimate of drug-likeness (QED) is 0.0245. The highest BCUT2D eigenvalue weighted by atomic mass is 16.6. The Morgan fingerprint density at radius 2 is 0.769 bits per heavy atom. The van der Waals surface area contributed by atoms with E-state index in [1.165, 1.54) is 92.6 Å². The summed E-state index contributed by atoms with van der Waals surface area (Å²) in [6.45, 7) is 6.21. The van der Waals surface area contributed by atoms with Gasteiger partial charge in [-0.25, -0.2) is 24.5 Å². The van der Waals surface area contributed by atoms with Crippen molar-refractivity contribution in [3.63, 3.8) is 0 Å². The van der Waals surface area contributed by atoms with Crippen LogP contribution in [0.3, 0.4) is 0 Å². The monoisotopic (exact) mass is 1060 g/mol. The molecule has 6 aromatic carbocycles. The molecular weight excluding hydrogens is 993 g/mol. The Bertz CT molecular complexity index is 2850. The molecule has 0 aliphatic carbocycles. The van der Waals surface area contributed by atoms with Gasteiger partial charge >= 0.3 is 35.8 Å². The number of carbonyl (C=O) groups excluding carboxylic acids is 6. The molecule has 15 nitrogen and oxygen atoms in total. The molecule has 78 heavy (non-hydrogen) atoms. The zero-order valence-electron chi connectivity index (χ0n) is 44.2. The number of ether oxygens (including phenoxy) is 7. The number of hydrogen-bond acceptors (Lipinski definition) is 14. The molecule has 7 rings (SSSR count). The maximum atomic E-state index is 12.8. The second kappa shape index (κ2) is 31.1. The number of aryl methyl sites for hydroxylation is 1. The fourth-order valence-corrected chi connectivity index (χ4v) is 8.32. The zero-order chi connectivity index (χ0) is 54.7. The molecule has 0 spiro atoms. The fraction of sp³-hybridized carbons (Fsp3) is 0.333. The van der Waals surface area contributed by atoms with E-state index in [0.29, 0.717) is 47.2 Å². The molecule has 0 saturated carbocycles. The molecule has 0 aromatic heterocycles. The summed E-state index contributed by atoms with van der Waals surface area (Å²) in [7, 11) is 0. The molecule has 1 radical (unpaired) electrons. The number of nitrogens with zero attached hydrogens (tertiary/aromatic N) is 2. The highest BCUT2D eigenvalue weighted by Gasteiger charge is 2.17. The summed E-state index contributed by atoms with van der Waals surface area (Å²) >= 11 is 0. The van der Waals surface area contributed by atoms with Gasteiger partial charge < -0.3 is 38.1 Å². The van der Waals surface area contributed by atoms with Gasteiger partial charge in [-0.3, -0.25) is 9.59 Å². The Labute approximate surface area is 456 Å². The fourth-order valence-electron chi connectivity index (χ4n) is 8.32. The lowest BCUT2D eigenvalue weighted by molar-refractivity contribution is -0.147. The smallest absolute Gasteiger partial charge is 0.343 e. The van der Waals surface area contributed by atoms with E-state index in [0.717, 1.165) is 64.0 Å². The van der Waals surface area contributed by atoms with E-state index in [2.05, 4.69) is 17.1 Å². The summed E-state index contributed by atoms with van der Waals surface area (Å²) in [5.74, 6) is -1.26. The highest BCUT2D eigenvalue weighted by Crippen LogP contribution is 2.24. The van der Waals surface area contributed by atoms with Gasteiger partial charge in [0, 0.05) is 31.9 Å². The zero-order valence-corrected chi connectivity index (χ0v) is 44.2. The van der Waals surface area contributed by atoms with Crippen LogP contribution in [-0.4, -0.2) is 75.2 Å². The summed E-state index contributed by atoms with van der Waals surface area (Å²) < 4.78 is 38.5. The predicted octanol–water partition coefficient (Wildman–Crippen LogP) is 12.1. The van der Waals surface area contributed by atoms with Crippen molar-refractivity contribution in [3.8, 4) is 34.5 Å². The van der Waals surface area contributed by atoms with E-state index in [1.807, 2.05) is 24.3 Å². The number of hydrogen-bond donors (Lipinski definition) is 0. The third kappa shape index (κ3) is 19.4. The van der Waals surface area contributed by atoms with Gasteiger partial charge in [-0.15, -0.1) is 0 Å². The van der Waals surface area contributed by atoms with Crippen molar-refractivity contribution in [1.29, 1.82) is 0 Å². The standard InChI is InChI=1S/C63H67N2O13/c1-2-3-4-5-6-7-10-13-46-14-16-47(17-15-46)60(68)77-56-34-36-57(37-35-56)78-61(69)48-18-26-52(27-19-48)72-44-11-8-9-12-45-73-58(66)38-39-59(67)74-53-28-20-49(21-29-53)62(70)75-54-30-22-50(23-31-54)63(71)76-55-32-24-51(25-33-55)65-42-40-64-41-43-65/h14-37H,2-13,38-45H2,1H3. The van der Waals surface area contributed by atoms with Crippen LogP contribution in [0.4, 0.5) is 5.69 Å². The Kier molecular flexibility index (Phi) is 22.9. The normalized spacial score (nSPS) is 12.0. The first-order valence-electron chi connectivity index (χ1n) is 26.9. The van der Waals surface area contributed by atoms with Crippen LogP contribution in [-0.2, 0) is 20.7 Å². The van der Waals surface area contributed by atoms with Crippen LogP contribution in [0.25, 0.3) is 0 Å². The second-order valence-electron chi connectivity index (χ2n) is 18.8. The Hall–Kier alpha value is -8.30. The van der Waals surface area contributed by atoms with Crippen LogP contribution in [0.15, 0.2) is 146 Å². The van der Waals surface area contributed by atoms with Crippen LogP contribution in [0.1, 0.15) is 137 Å². The first-order valence-corrected chi connectivity index (χ1v) is 26.9. The Morgan fingerprint density at radius 1 is 0.397 bits per heavy atom. The molecule has 0 atom stereocenters. The molecular formula is C63H67N2O13. The van der Waals surface area contributed by atoms with Crippen LogP contribution in [0.2, 0.25) is 0 Å². The van der Waals surface area contributed by atoms with E-state index < -0.39 is 35.8 Å². The first kappa shape index (κ1) is 57.4. The summed E-state index contributed by atoms with van der Waals surface area (Å²) in [4.78, 5) is 78.0. The maximum Gasteiger partial charge on any atom is 0.343 e. The molecule has 1 aliphatic heterocycles. The maximum absolute atomic E-state index is 12.8. The molecule has 407 valence electrons. The molecule has 1 saturated heterocycles. The summed E-state index contributed by atoms with van der Waals surface area (Å²) in [5, 5.41) is 4.36. The largest absolute Gasteiger partial charge is 0.494 e. The molecule has 0 unspecified atom stereocenters. The molecule has 0 bridgehead atoms. The Morgan fingerprint density at radius 3 is 1.26 bits per heavy atom. The van der Waals surface area contributed by atoms with Crippen molar-refractivity contribution in [2.75, 3.05) is 44.3 Å². The van der Waals surface area contributed by atoms with Gasteiger partial charge in [0.05, 0.1) is 48.3 Å². The van der Waals surface area contributed by atoms with Crippen molar-refractivity contribution in [2.24, 2.45) is 0 Å². The van der Waals surface area contributed by atoms with Gasteiger partial charge in [0.15, 0.2) is 0 Å². The number of anilines is 1. The first-order chi connectivity index (χ1) is 38.1. The highest BCUT2D eigenvalue weighted by molar-refractivity contribution is 5.93. The minimum atomic E-state index is -0.653. The average molecular weight is 1060 g/mol. The van der Waals surface area contributed by atoms with Crippen molar-refractivity contribution >= 4 is 41.5 Å². The van der Waals surface area contributed by atoms with E-state index in [9.17, 15) is 28.8 Å². The van der Waals surface area contributed by atoms with Crippen molar-refractivity contribution < 1.29 is 61.9 Å². The van der Waals surface area contributed by atoms with Gasteiger partial charge in [0.2, 0.25) is 0 Å². The van der Waals surface area contributed by atoms with Gasteiger partial charge in [0.25, 0.3) is 0 Å². The molecule has 0 N–H and O–H groups in total. The molecule has 1 aliphatic rings. The lowest BCUT2D eigenvalue weighted by Crippen LogP contribution is -2.40. The van der Waals surface area contributed by atoms with Gasteiger partial charge in [-0.05, 0) is 178 Å². The van der Waals surface area contributed by atoms with Crippen molar-refractivity contribution in [3.05, 3.63) is 173 Å². The summed E-state index contributed by atoms with van der Waals surface area (Å²) in [6, 6.07) is 39.6. The average Bonchev–Trinajstić information content (AvgIpc) is 3.46. The predicted molar refractivity (Wildman–Crippen MR) is 294 cm³/mol. The summed E-state index contributed by atoms with van der Waals surface area (Å²) in [5.41, 5.74) is 3.55. The minimum Gasteiger partial charge on any atom is -0.494 e. The van der Waals surface area contributed by atoms with E-state index in [-0.39, 0.29) is 42.1 Å². The van der Waals surface area contributed by atoms with Crippen molar-refractivity contribution in [2.45, 2.75) is 96.8 Å². The van der Waals surface area contributed by atoms with Gasteiger partial charge in [-0.1, -0.05) is 57.6 Å². The number of esters is 6. The minimum absolute atomic E-state index is 0.144. The topological polar surface area (TPSA) is 184 Å². The number of unbranched alkanes of at least 4 members (excludes halogenated alkanes) is 9. The van der Waals surface area contributed by atoms with E-state index >= 15 is 0 Å². The van der Waals surface area contributed by atoms with Crippen LogP contribution >= 0.6 is 0 Å². The van der Waals surface area contributed by atoms with Gasteiger partial charge in [-0.2, -0.15) is 0 Å². The number of piperazine rings is 1. The lowest BCUT2D eigenvalue weighted by Gasteiger charge is -2.28. The Balaban J connectivity index is 0.692. The molecule has 1 heterocycles. The van der Waals surface area contributed by atoms with E-state index in [1.54, 1.807) is 72.8 Å². The number of carbonyl (C=O) groups is 6. The van der Waals surface area contributed by atoms with Crippen LogP contribution < -0.4 is 38.6 Å². The van der Waals surface area contributed by atoms with Crippen LogP contribution in [0.5, 0.6) is 34.5 Å². The van der Waals surface area contributed by atoms with Gasteiger partial charge in [0.1, 0.15) is 34.5 Å². The molecule has 0 amide bonds. The third-order valence-corrected chi connectivity index (χ3v) is 12.8. The number of benzene rings is 6. The number of rotatable bonds is 29. The SMILES string of the molecule is CCCCCCCCCc1ccc(C(=O)Oc2ccc(OC(=O)c3ccc(OCCCCCCOC(=O)CCC(=O)Oc4ccc(C(=O)Oc5ccc(C(=O)Oc6ccc(N7CC[N]CC7)cc6)cc5)cc4)cc3)cc2)cc1. The third-order valence-electron chi connectivity index (χ3n) is 12.8. The van der Waals surface area contributed by atoms with Crippen LogP contribution in [0, 0.1) is 0 Å². The lowest BCUT2D eigenvalue weighted by atomic mass is 10.0.